The summed E-state index contributed by atoms with van der Waals surface area (Å²) in [5, 5.41) is 11.8. The van der Waals surface area contributed by atoms with Crippen LogP contribution in [0.3, 0.4) is 0 Å². The highest BCUT2D eigenvalue weighted by molar-refractivity contribution is 5.99. The third-order valence-electron chi connectivity index (χ3n) is 5.17. The summed E-state index contributed by atoms with van der Waals surface area (Å²) in [5.74, 6) is -0.447. The van der Waals surface area contributed by atoms with Gasteiger partial charge in [-0.15, -0.1) is 0 Å². The minimum absolute atomic E-state index is 0.0486. The number of amides is 3. The molecule has 0 saturated heterocycles. The Kier molecular flexibility index (Phi) is 5.70. The zero-order valence-electron chi connectivity index (χ0n) is 17.0. The lowest BCUT2D eigenvalue weighted by Crippen LogP contribution is -2.26. The molecule has 0 radical (unpaired) electrons. The third-order valence-corrected chi connectivity index (χ3v) is 5.17. The lowest BCUT2D eigenvalue weighted by Gasteiger charge is -2.12. The van der Waals surface area contributed by atoms with E-state index in [9.17, 15) is 14.4 Å². The lowest BCUT2D eigenvalue weighted by atomic mass is 10.1. The van der Waals surface area contributed by atoms with Crippen LogP contribution in [0.4, 0.5) is 11.4 Å². The van der Waals surface area contributed by atoms with Crippen LogP contribution in [0.5, 0.6) is 0 Å². The molecule has 0 bridgehead atoms. The highest BCUT2D eigenvalue weighted by Crippen LogP contribution is 2.22. The molecule has 2 aromatic carbocycles. The highest BCUT2D eigenvalue weighted by atomic mass is 16.2. The van der Waals surface area contributed by atoms with E-state index in [0.717, 1.165) is 36.9 Å². The van der Waals surface area contributed by atoms with E-state index in [2.05, 4.69) is 21.3 Å². The van der Waals surface area contributed by atoms with Crippen LogP contribution < -0.4 is 21.3 Å². The number of aryl methyl sites for hydroxylation is 1. The average molecular weight is 406 g/mol. The third kappa shape index (κ3) is 5.37. The van der Waals surface area contributed by atoms with Crippen molar-refractivity contribution < 1.29 is 14.4 Å². The molecule has 0 aromatic heterocycles. The number of nitrogens with one attached hydrogen (secondary N) is 4. The van der Waals surface area contributed by atoms with Gasteiger partial charge < -0.3 is 21.3 Å². The molecule has 156 valence electrons. The standard InChI is InChI=1S/C23H26N4O3/c1-14-5-6-16(23(30)27-18-9-10-18)12-20(14)24-13-21(28)25-19-4-2-3-15(11-19)22(29)26-17-7-8-17/h2-6,11-12,17-18,24H,7-10,13H2,1H3,(H,25,28)(H,26,29)(H,27,30). The number of hydrogen-bond donors (Lipinski definition) is 4. The van der Waals surface area contributed by atoms with Gasteiger partial charge >= 0.3 is 0 Å². The Morgan fingerprint density at radius 2 is 1.50 bits per heavy atom. The second kappa shape index (κ2) is 8.57. The van der Waals surface area contributed by atoms with Crippen molar-refractivity contribution in [2.75, 3.05) is 17.2 Å². The van der Waals surface area contributed by atoms with Crippen molar-refractivity contribution in [1.29, 1.82) is 0 Å². The van der Waals surface area contributed by atoms with Crippen LogP contribution in [0, 0.1) is 6.92 Å². The summed E-state index contributed by atoms with van der Waals surface area (Å²) in [5.41, 5.74) is 3.36. The monoisotopic (exact) mass is 406 g/mol. The van der Waals surface area contributed by atoms with Gasteiger partial charge in [-0.05, 0) is 68.5 Å². The SMILES string of the molecule is Cc1ccc(C(=O)NC2CC2)cc1NCC(=O)Nc1cccc(C(=O)NC2CC2)c1. The first-order valence-electron chi connectivity index (χ1n) is 10.3. The molecule has 2 aliphatic rings. The molecule has 7 nitrogen and oxygen atoms in total. The first-order valence-corrected chi connectivity index (χ1v) is 10.3. The normalized spacial score (nSPS) is 15.2. The molecule has 2 aliphatic carbocycles. The van der Waals surface area contributed by atoms with Gasteiger partial charge in [-0.3, -0.25) is 14.4 Å². The zero-order valence-corrected chi connectivity index (χ0v) is 17.0. The molecule has 2 saturated carbocycles. The Labute approximate surface area is 175 Å². The first kappa shape index (κ1) is 19.9. The fourth-order valence-corrected chi connectivity index (χ4v) is 3.07. The average Bonchev–Trinajstić information content (AvgIpc) is 3.64. The summed E-state index contributed by atoms with van der Waals surface area (Å²) >= 11 is 0. The maximum Gasteiger partial charge on any atom is 0.251 e. The van der Waals surface area contributed by atoms with Gasteiger partial charge in [-0.25, -0.2) is 0 Å². The van der Waals surface area contributed by atoms with Crippen molar-refractivity contribution in [2.45, 2.75) is 44.7 Å². The summed E-state index contributed by atoms with van der Waals surface area (Å²) < 4.78 is 0. The fourth-order valence-electron chi connectivity index (χ4n) is 3.07. The first-order chi connectivity index (χ1) is 14.5. The quantitative estimate of drug-likeness (QED) is 0.542. The molecular formula is C23H26N4O3. The fraction of sp³-hybridized carbons (Fsp3) is 0.348. The van der Waals surface area contributed by atoms with Gasteiger partial charge in [0.15, 0.2) is 0 Å². The van der Waals surface area contributed by atoms with Crippen LogP contribution in [0.2, 0.25) is 0 Å². The molecule has 0 spiro atoms. The predicted molar refractivity (Wildman–Crippen MR) is 116 cm³/mol. The van der Waals surface area contributed by atoms with Crippen LogP contribution in [-0.4, -0.2) is 36.3 Å². The van der Waals surface area contributed by atoms with Crippen molar-refractivity contribution in [2.24, 2.45) is 0 Å². The Morgan fingerprint density at radius 3 is 2.13 bits per heavy atom. The van der Waals surface area contributed by atoms with E-state index in [4.69, 9.17) is 0 Å². The molecule has 0 atom stereocenters. The molecule has 4 rings (SSSR count). The predicted octanol–water partition coefficient (Wildman–Crippen LogP) is 2.83. The minimum atomic E-state index is -0.234. The number of benzene rings is 2. The number of hydrogen-bond acceptors (Lipinski definition) is 4. The number of rotatable bonds is 8. The summed E-state index contributed by atoms with van der Waals surface area (Å²) in [6, 6.07) is 12.9. The van der Waals surface area contributed by atoms with Gasteiger partial charge in [0, 0.05) is 34.6 Å². The molecule has 2 fully saturated rings. The topological polar surface area (TPSA) is 99.3 Å². The van der Waals surface area contributed by atoms with Crippen LogP contribution >= 0.6 is 0 Å². The second-order valence-electron chi connectivity index (χ2n) is 8.01. The van der Waals surface area contributed by atoms with Crippen molar-refractivity contribution in [3.05, 3.63) is 59.2 Å². The summed E-state index contributed by atoms with van der Waals surface area (Å²) in [7, 11) is 0. The van der Waals surface area contributed by atoms with Crippen LogP contribution in [0.25, 0.3) is 0 Å². The van der Waals surface area contributed by atoms with Crippen molar-refractivity contribution in [3.63, 3.8) is 0 Å². The molecule has 30 heavy (non-hydrogen) atoms. The second-order valence-corrected chi connectivity index (χ2v) is 8.01. The Bertz CT molecular complexity index is 980. The molecule has 0 aliphatic heterocycles. The van der Waals surface area contributed by atoms with Gasteiger partial charge in [0.1, 0.15) is 0 Å². The van der Waals surface area contributed by atoms with E-state index in [1.165, 1.54) is 0 Å². The van der Waals surface area contributed by atoms with Crippen molar-refractivity contribution >= 4 is 29.1 Å². The molecule has 0 unspecified atom stereocenters. The van der Waals surface area contributed by atoms with Crippen molar-refractivity contribution in [1.82, 2.24) is 10.6 Å². The minimum Gasteiger partial charge on any atom is -0.376 e. The molecule has 2 aromatic rings. The summed E-state index contributed by atoms with van der Waals surface area (Å²) in [4.78, 5) is 36.8. The van der Waals surface area contributed by atoms with Crippen molar-refractivity contribution in [3.8, 4) is 0 Å². The van der Waals surface area contributed by atoms with Crippen LogP contribution in [0.1, 0.15) is 52.0 Å². The molecule has 4 N–H and O–H groups in total. The molecule has 7 heteroatoms. The molecule has 3 amide bonds. The lowest BCUT2D eigenvalue weighted by molar-refractivity contribution is -0.114. The van der Waals surface area contributed by atoms with Gasteiger partial charge in [0.05, 0.1) is 6.54 Å². The zero-order chi connectivity index (χ0) is 21.1. The Balaban J connectivity index is 1.33. The maximum absolute atomic E-state index is 12.4. The largest absolute Gasteiger partial charge is 0.376 e. The summed E-state index contributed by atoms with van der Waals surface area (Å²) in [6.45, 7) is 1.97. The number of carbonyl (C=O) groups excluding carboxylic acids is 3. The van der Waals surface area contributed by atoms with Gasteiger partial charge in [0.2, 0.25) is 5.91 Å². The smallest absolute Gasteiger partial charge is 0.251 e. The van der Waals surface area contributed by atoms with Gasteiger partial charge in [-0.2, -0.15) is 0 Å². The van der Waals surface area contributed by atoms with E-state index < -0.39 is 0 Å². The number of carbonyl (C=O) groups is 3. The van der Waals surface area contributed by atoms with E-state index in [-0.39, 0.29) is 30.3 Å². The van der Waals surface area contributed by atoms with E-state index >= 15 is 0 Å². The highest BCUT2D eigenvalue weighted by Gasteiger charge is 2.24. The Hall–Kier alpha value is -3.35. The van der Waals surface area contributed by atoms with Crippen LogP contribution in [-0.2, 0) is 4.79 Å². The summed E-state index contributed by atoms with van der Waals surface area (Å²) in [6.07, 6.45) is 4.12. The maximum atomic E-state index is 12.4. The molecular weight excluding hydrogens is 380 g/mol. The van der Waals surface area contributed by atoms with E-state index in [0.29, 0.717) is 22.9 Å². The molecule has 0 heterocycles. The van der Waals surface area contributed by atoms with E-state index in [1.54, 1.807) is 36.4 Å². The number of anilines is 2. The Morgan fingerprint density at radius 1 is 0.867 bits per heavy atom. The van der Waals surface area contributed by atoms with Gasteiger partial charge in [0.25, 0.3) is 11.8 Å². The van der Waals surface area contributed by atoms with E-state index in [1.807, 2.05) is 13.0 Å². The van der Waals surface area contributed by atoms with Crippen LogP contribution in [0.15, 0.2) is 42.5 Å². The van der Waals surface area contributed by atoms with Gasteiger partial charge in [-0.1, -0.05) is 12.1 Å².